The quantitative estimate of drug-likeness (QED) is 0.721. The van der Waals surface area contributed by atoms with Crippen LogP contribution in [0.25, 0.3) is 0 Å². The van der Waals surface area contributed by atoms with Crippen LogP contribution in [0.3, 0.4) is 0 Å². The summed E-state index contributed by atoms with van der Waals surface area (Å²) in [5.74, 6) is 1.09. The van der Waals surface area contributed by atoms with Crippen molar-refractivity contribution in [1.29, 1.82) is 0 Å². The number of halogens is 1. The van der Waals surface area contributed by atoms with Crippen LogP contribution >= 0.6 is 15.9 Å². The zero-order chi connectivity index (χ0) is 14.8. The number of hydrogen-bond donors (Lipinski definition) is 0. The zero-order valence-electron chi connectivity index (χ0n) is 12.7. The number of rotatable bonds is 1. The van der Waals surface area contributed by atoms with Gasteiger partial charge in [0.05, 0.1) is 18.3 Å². The highest BCUT2D eigenvalue weighted by atomic mass is 79.9. The molecule has 0 bridgehead atoms. The Hall–Kier alpha value is -0.850. The molecule has 3 aliphatic rings. The number of ether oxygens (including phenoxy) is 1. The maximum atomic E-state index is 5.96. The summed E-state index contributed by atoms with van der Waals surface area (Å²) in [5, 5.41) is 0. The predicted molar refractivity (Wildman–Crippen MR) is 86.9 cm³/mol. The Morgan fingerprint density at radius 2 is 2.19 bits per heavy atom. The van der Waals surface area contributed by atoms with E-state index in [1.807, 2.05) is 6.20 Å². The highest BCUT2D eigenvalue weighted by molar-refractivity contribution is 9.10. The average molecular weight is 353 g/mol. The minimum Gasteiger partial charge on any atom is -0.346 e. The molecule has 2 atom stereocenters. The number of hydrogen-bond acceptors (Lipinski definition) is 5. The normalized spacial score (nSPS) is 31.6. The topological polar surface area (TPSA) is 35.1 Å². The lowest BCUT2D eigenvalue weighted by Gasteiger charge is -2.52. The number of pyridine rings is 1. The molecule has 0 aromatic carbocycles. The van der Waals surface area contributed by atoms with Gasteiger partial charge in [-0.25, -0.2) is 4.98 Å². The molecule has 1 spiro atoms. The van der Waals surface area contributed by atoms with E-state index >= 15 is 0 Å². The summed E-state index contributed by atoms with van der Waals surface area (Å²) in [6, 6.07) is 3.09. The van der Waals surface area contributed by atoms with E-state index in [2.05, 4.69) is 62.6 Å². The molecule has 0 radical (unpaired) electrons. The van der Waals surface area contributed by atoms with Crippen LogP contribution in [0.4, 0.5) is 11.5 Å². The van der Waals surface area contributed by atoms with Crippen LogP contribution in [0.1, 0.15) is 13.8 Å². The smallest absolute Gasteiger partial charge is 0.186 e. The summed E-state index contributed by atoms with van der Waals surface area (Å²) in [6.45, 7) is 8.49. The lowest BCUT2D eigenvalue weighted by atomic mass is 9.97. The van der Waals surface area contributed by atoms with Crippen molar-refractivity contribution in [3.05, 3.63) is 16.7 Å². The van der Waals surface area contributed by atoms with Crippen LogP contribution < -0.4 is 9.80 Å². The predicted octanol–water partition coefficient (Wildman–Crippen LogP) is 1.92. The third-order valence-electron chi connectivity index (χ3n) is 5.12. The Balaban J connectivity index is 1.76. The molecule has 1 unspecified atom stereocenters. The van der Waals surface area contributed by atoms with Gasteiger partial charge in [-0.15, -0.1) is 0 Å². The fourth-order valence-corrected chi connectivity index (χ4v) is 4.01. The fourth-order valence-electron chi connectivity index (χ4n) is 3.69. The largest absolute Gasteiger partial charge is 0.346 e. The van der Waals surface area contributed by atoms with E-state index in [-0.39, 0.29) is 5.72 Å². The van der Waals surface area contributed by atoms with Crippen LogP contribution in [-0.4, -0.2) is 61.0 Å². The van der Waals surface area contributed by atoms with E-state index < -0.39 is 0 Å². The number of aromatic nitrogens is 1. The van der Waals surface area contributed by atoms with Crippen LogP contribution in [0.5, 0.6) is 0 Å². The van der Waals surface area contributed by atoms with Crippen molar-refractivity contribution in [1.82, 2.24) is 9.88 Å². The van der Waals surface area contributed by atoms with Gasteiger partial charge in [-0.2, -0.15) is 0 Å². The van der Waals surface area contributed by atoms with Crippen LogP contribution in [-0.2, 0) is 4.74 Å². The maximum Gasteiger partial charge on any atom is 0.186 e. The Morgan fingerprint density at radius 1 is 1.43 bits per heavy atom. The van der Waals surface area contributed by atoms with Gasteiger partial charge in [0.1, 0.15) is 0 Å². The van der Waals surface area contributed by atoms with Gasteiger partial charge >= 0.3 is 0 Å². The van der Waals surface area contributed by atoms with Crippen LogP contribution in [0.15, 0.2) is 16.7 Å². The third-order valence-corrected chi connectivity index (χ3v) is 5.55. The minimum atomic E-state index is -0.164. The molecule has 0 saturated carbocycles. The number of fused-ring (bicyclic) bond motifs is 4. The van der Waals surface area contributed by atoms with Crippen molar-refractivity contribution in [2.24, 2.45) is 0 Å². The minimum absolute atomic E-state index is 0.164. The van der Waals surface area contributed by atoms with E-state index in [1.165, 1.54) is 0 Å². The average Bonchev–Trinajstić information content (AvgIpc) is 3.26. The number of epoxide rings is 1. The molecule has 21 heavy (non-hydrogen) atoms. The first-order valence-corrected chi connectivity index (χ1v) is 8.36. The van der Waals surface area contributed by atoms with Crippen molar-refractivity contribution >= 4 is 27.4 Å². The van der Waals surface area contributed by atoms with Gasteiger partial charge in [-0.05, 0) is 35.8 Å². The Bertz CT molecular complexity index is 575. The first-order chi connectivity index (χ1) is 10.0. The van der Waals surface area contributed by atoms with Gasteiger partial charge in [0.25, 0.3) is 0 Å². The Morgan fingerprint density at radius 3 is 2.86 bits per heavy atom. The van der Waals surface area contributed by atoms with Gasteiger partial charge < -0.3 is 14.5 Å². The molecule has 0 N–H and O–H groups in total. The van der Waals surface area contributed by atoms with Gasteiger partial charge in [-0.3, -0.25) is 4.90 Å². The number of likely N-dealkylation sites (N-methyl/N-ethyl adjacent to an activating group) is 1. The fraction of sp³-hybridized carbons (Fsp3) is 0.667. The maximum absolute atomic E-state index is 5.96. The second kappa shape index (κ2) is 4.57. The van der Waals surface area contributed by atoms with Crippen molar-refractivity contribution < 1.29 is 4.74 Å². The van der Waals surface area contributed by atoms with Gasteiger partial charge in [0, 0.05) is 43.4 Å². The van der Waals surface area contributed by atoms with E-state index in [9.17, 15) is 0 Å². The summed E-state index contributed by atoms with van der Waals surface area (Å²) >= 11 is 3.54. The summed E-state index contributed by atoms with van der Waals surface area (Å²) < 4.78 is 6.97. The summed E-state index contributed by atoms with van der Waals surface area (Å²) in [6.07, 6.45) is 1.89. The van der Waals surface area contributed by atoms with Gasteiger partial charge in [0.2, 0.25) is 0 Å². The molecule has 0 amide bonds. The molecule has 5 nitrogen and oxygen atoms in total. The molecular weight excluding hydrogens is 332 g/mol. The molecule has 0 aliphatic carbocycles. The second-order valence-corrected chi connectivity index (χ2v) is 7.40. The first kappa shape index (κ1) is 13.8. The molecule has 4 rings (SSSR count). The van der Waals surface area contributed by atoms with Gasteiger partial charge in [-0.1, -0.05) is 0 Å². The molecule has 4 heterocycles. The molecule has 2 saturated heterocycles. The van der Waals surface area contributed by atoms with Gasteiger partial charge in [0.15, 0.2) is 11.5 Å². The molecule has 114 valence electrons. The second-order valence-electron chi connectivity index (χ2n) is 6.49. The van der Waals surface area contributed by atoms with Crippen LogP contribution in [0.2, 0.25) is 0 Å². The van der Waals surface area contributed by atoms with E-state index in [4.69, 9.17) is 4.74 Å². The van der Waals surface area contributed by atoms with Crippen molar-refractivity contribution in [2.75, 3.05) is 43.1 Å². The highest BCUT2D eigenvalue weighted by Gasteiger charge is 2.62. The number of nitrogens with zero attached hydrogens (tertiary/aromatic N) is 4. The van der Waals surface area contributed by atoms with E-state index in [0.717, 1.165) is 42.2 Å². The lowest BCUT2D eigenvalue weighted by molar-refractivity contribution is 0.130. The molecule has 3 aliphatic heterocycles. The summed E-state index contributed by atoms with van der Waals surface area (Å²) in [5.41, 5.74) is 0.999. The summed E-state index contributed by atoms with van der Waals surface area (Å²) in [7, 11) is 2.13. The molecular formula is C15H21BrN4O. The van der Waals surface area contributed by atoms with Crippen molar-refractivity contribution in [3.8, 4) is 0 Å². The molecule has 2 fully saturated rings. The van der Waals surface area contributed by atoms with Crippen LogP contribution in [0, 0.1) is 0 Å². The van der Waals surface area contributed by atoms with E-state index in [1.54, 1.807) is 0 Å². The Kier molecular flexibility index (Phi) is 3.00. The van der Waals surface area contributed by atoms with E-state index in [0.29, 0.717) is 12.1 Å². The van der Waals surface area contributed by atoms with Crippen molar-refractivity contribution in [2.45, 2.75) is 31.7 Å². The highest BCUT2D eigenvalue weighted by Crippen LogP contribution is 2.49. The Labute approximate surface area is 134 Å². The first-order valence-electron chi connectivity index (χ1n) is 7.57. The molecule has 6 heteroatoms. The lowest BCUT2D eigenvalue weighted by Crippen LogP contribution is -2.67. The molecule has 1 aromatic heterocycles. The SMILES string of the molecule is CC(C)N1CCN2c3ncc(Br)cc3N(C)C3(CO3)[C@@H]2C1. The third kappa shape index (κ3) is 1.92. The number of anilines is 2. The van der Waals surface area contributed by atoms with Crippen molar-refractivity contribution in [3.63, 3.8) is 0 Å². The summed E-state index contributed by atoms with van der Waals surface area (Å²) in [4.78, 5) is 12.0. The standard InChI is InChI=1S/C15H21BrN4O/c1-10(2)19-4-5-20-13(8-19)15(9-21-15)18(3)12-6-11(16)7-17-14(12)20/h6-7,10,13H,4-5,8-9H2,1-3H3/t13-,15?/m0/s1. The zero-order valence-corrected chi connectivity index (χ0v) is 14.3. The monoisotopic (exact) mass is 352 g/mol. The molecule has 1 aromatic rings. The number of piperazine rings is 1.